The molecule has 2 aromatic rings. The van der Waals surface area contributed by atoms with Gasteiger partial charge in [-0.2, -0.15) is 0 Å². The zero-order valence-electron chi connectivity index (χ0n) is 16.4. The number of aryl methyl sites for hydroxylation is 1. The highest BCUT2D eigenvalue weighted by atomic mass is 16.5. The van der Waals surface area contributed by atoms with Crippen molar-refractivity contribution in [3.63, 3.8) is 0 Å². The number of benzene rings is 1. The van der Waals surface area contributed by atoms with Crippen LogP contribution in [0.1, 0.15) is 66.2 Å². The summed E-state index contributed by atoms with van der Waals surface area (Å²) in [4.78, 5) is 12.4. The summed E-state index contributed by atoms with van der Waals surface area (Å²) in [6.45, 7) is 8.87. The van der Waals surface area contributed by atoms with Crippen molar-refractivity contribution >= 4 is 12.0 Å². The fourth-order valence-corrected chi connectivity index (χ4v) is 2.95. The number of esters is 1. The highest BCUT2D eigenvalue weighted by Gasteiger charge is 2.24. The van der Waals surface area contributed by atoms with Gasteiger partial charge in [0.2, 0.25) is 0 Å². The number of carbonyl (C=O) groups excluding carboxylic acids is 1. The number of hydrogen-bond donors (Lipinski definition) is 0. The molecule has 26 heavy (non-hydrogen) atoms. The van der Waals surface area contributed by atoms with Crippen molar-refractivity contribution in [2.45, 2.75) is 40.2 Å². The Hall–Kier alpha value is -2.33. The van der Waals surface area contributed by atoms with Gasteiger partial charge in [-0.3, -0.25) is 0 Å². The van der Waals surface area contributed by atoms with E-state index in [2.05, 4.69) is 38.1 Å². The highest BCUT2D eigenvalue weighted by Crippen LogP contribution is 2.30. The lowest BCUT2D eigenvalue weighted by molar-refractivity contribution is 0.0526. The Morgan fingerprint density at radius 2 is 1.85 bits per heavy atom. The molecule has 1 aromatic heterocycles. The molecule has 0 aliphatic rings. The lowest BCUT2D eigenvalue weighted by Crippen LogP contribution is -2.11. The van der Waals surface area contributed by atoms with Crippen molar-refractivity contribution < 1.29 is 14.3 Å². The third-order valence-corrected chi connectivity index (χ3v) is 4.31. The standard InChI is InChI=1S/C22H29NO3/c1-6-9-10-19-18(22(24)26-8-3)15-20(23(19)5)21(25-7-2)17-13-11-16(4)12-14-17/h9-15,21H,6-8H2,1-5H3/b10-9-/t21-/m1/s1. The van der Waals surface area contributed by atoms with Gasteiger partial charge >= 0.3 is 5.97 Å². The molecule has 0 saturated heterocycles. The fraction of sp³-hybridized carbons (Fsp3) is 0.409. The monoisotopic (exact) mass is 355 g/mol. The summed E-state index contributed by atoms with van der Waals surface area (Å²) in [7, 11) is 1.97. The zero-order chi connectivity index (χ0) is 19.1. The van der Waals surface area contributed by atoms with Gasteiger partial charge < -0.3 is 14.0 Å². The predicted octanol–water partition coefficient (Wildman–Crippen LogP) is 5.06. The summed E-state index contributed by atoms with van der Waals surface area (Å²) in [6, 6.07) is 10.2. The van der Waals surface area contributed by atoms with E-state index in [1.165, 1.54) is 5.56 Å². The number of hydrogen-bond acceptors (Lipinski definition) is 3. The molecule has 0 aliphatic heterocycles. The molecular formula is C22H29NO3. The van der Waals surface area contributed by atoms with E-state index in [4.69, 9.17) is 9.47 Å². The Labute approximate surface area is 156 Å². The maximum Gasteiger partial charge on any atom is 0.340 e. The SMILES string of the molecule is CC/C=C\c1c(C(=O)OCC)cc([C@H](OCC)c2ccc(C)cc2)n1C. The topological polar surface area (TPSA) is 40.5 Å². The van der Waals surface area contributed by atoms with Gasteiger partial charge in [0.1, 0.15) is 6.10 Å². The molecule has 0 fully saturated rings. The number of ether oxygens (including phenoxy) is 2. The summed E-state index contributed by atoms with van der Waals surface area (Å²) >= 11 is 0. The molecule has 140 valence electrons. The van der Waals surface area contributed by atoms with Crippen LogP contribution >= 0.6 is 0 Å². The second-order valence-corrected chi connectivity index (χ2v) is 6.20. The van der Waals surface area contributed by atoms with Crippen molar-refractivity contribution in [3.8, 4) is 0 Å². The molecule has 0 N–H and O–H groups in total. The van der Waals surface area contributed by atoms with Gasteiger partial charge in [0.25, 0.3) is 0 Å². The van der Waals surface area contributed by atoms with Crippen LogP contribution in [0.5, 0.6) is 0 Å². The molecule has 1 aromatic carbocycles. The van der Waals surface area contributed by atoms with E-state index in [0.29, 0.717) is 18.8 Å². The Morgan fingerprint density at radius 1 is 1.15 bits per heavy atom. The maximum atomic E-state index is 12.4. The minimum absolute atomic E-state index is 0.234. The largest absolute Gasteiger partial charge is 0.462 e. The molecule has 0 aliphatic carbocycles. The van der Waals surface area contributed by atoms with Gasteiger partial charge in [-0.25, -0.2) is 4.79 Å². The van der Waals surface area contributed by atoms with Crippen LogP contribution in [0.3, 0.4) is 0 Å². The first-order valence-corrected chi connectivity index (χ1v) is 9.24. The minimum atomic E-state index is -0.302. The van der Waals surface area contributed by atoms with E-state index in [1.54, 1.807) is 0 Å². The molecule has 1 atom stereocenters. The summed E-state index contributed by atoms with van der Waals surface area (Å²) in [6.07, 6.45) is 4.69. The van der Waals surface area contributed by atoms with Gasteiger partial charge in [0.15, 0.2) is 0 Å². The first kappa shape index (κ1) is 20.0. The van der Waals surface area contributed by atoms with Crippen LogP contribution in [0, 0.1) is 6.92 Å². The van der Waals surface area contributed by atoms with E-state index in [0.717, 1.165) is 23.4 Å². The molecule has 2 rings (SSSR count). The zero-order valence-corrected chi connectivity index (χ0v) is 16.4. The van der Waals surface area contributed by atoms with Crippen LogP contribution < -0.4 is 0 Å². The van der Waals surface area contributed by atoms with Crippen LogP contribution in [0.25, 0.3) is 6.08 Å². The van der Waals surface area contributed by atoms with Gasteiger partial charge in [0, 0.05) is 13.7 Å². The third kappa shape index (κ3) is 4.44. The smallest absolute Gasteiger partial charge is 0.340 e. The van der Waals surface area contributed by atoms with Gasteiger partial charge in [-0.1, -0.05) is 42.8 Å². The normalized spacial score (nSPS) is 12.5. The van der Waals surface area contributed by atoms with Crippen molar-refractivity contribution in [2.75, 3.05) is 13.2 Å². The van der Waals surface area contributed by atoms with Crippen LogP contribution in [-0.2, 0) is 16.5 Å². The molecule has 0 bridgehead atoms. The summed E-state index contributed by atoms with van der Waals surface area (Å²) in [5, 5.41) is 0. The first-order chi connectivity index (χ1) is 12.5. The number of allylic oxidation sites excluding steroid dienone is 1. The third-order valence-electron chi connectivity index (χ3n) is 4.31. The van der Waals surface area contributed by atoms with E-state index < -0.39 is 0 Å². The Morgan fingerprint density at radius 3 is 2.42 bits per heavy atom. The second kappa shape index (κ2) is 9.39. The Kier molecular flexibility index (Phi) is 7.22. The quantitative estimate of drug-likeness (QED) is 0.622. The summed E-state index contributed by atoms with van der Waals surface area (Å²) < 4.78 is 13.3. The van der Waals surface area contributed by atoms with E-state index in [9.17, 15) is 4.79 Å². The number of rotatable bonds is 8. The molecule has 0 unspecified atom stereocenters. The van der Waals surface area contributed by atoms with Crippen LogP contribution in [-0.4, -0.2) is 23.8 Å². The summed E-state index contributed by atoms with van der Waals surface area (Å²) in [5.41, 5.74) is 4.63. The number of carbonyl (C=O) groups is 1. The van der Waals surface area contributed by atoms with E-state index in [-0.39, 0.29) is 12.1 Å². The van der Waals surface area contributed by atoms with Crippen LogP contribution in [0.2, 0.25) is 0 Å². The van der Waals surface area contributed by atoms with Gasteiger partial charge in [-0.05, 0) is 44.9 Å². The molecule has 0 saturated carbocycles. The number of nitrogens with zero attached hydrogens (tertiary/aromatic N) is 1. The molecule has 0 spiro atoms. The van der Waals surface area contributed by atoms with Crippen molar-refractivity contribution in [2.24, 2.45) is 7.05 Å². The predicted molar refractivity (Wildman–Crippen MR) is 105 cm³/mol. The number of aromatic nitrogens is 1. The van der Waals surface area contributed by atoms with Crippen molar-refractivity contribution in [3.05, 3.63) is 64.5 Å². The average molecular weight is 355 g/mol. The Bertz CT molecular complexity index is 756. The highest BCUT2D eigenvalue weighted by molar-refractivity contribution is 5.93. The van der Waals surface area contributed by atoms with E-state index >= 15 is 0 Å². The lowest BCUT2D eigenvalue weighted by Gasteiger charge is -2.19. The van der Waals surface area contributed by atoms with Crippen LogP contribution in [0.4, 0.5) is 0 Å². The lowest BCUT2D eigenvalue weighted by atomic mass is 10.0. The molecule has 1 heterocycles. The minimum Gasteiger partial charge on any atom is -0.462 e. The fourth-order valence-electron chi connectivity index (χ4n) is 2.95. The summed E-state index contributed by atoms with van der Waals surface area (Å²) in [5.74, 6) is -0.302. The molecule has 4 nitrogen and oxygen atoms in total. The van der Waals surface area contributed by atoms with Gasteiger partial charge in [0.05, 0.1) is 23.6 Å². The van der Waals surface area contributed by atoms with E-state index in [1.807, 2.05) is 43.7 Å². The average Bonchev–Trinajstić information content (AvgIpc) is 2.95. The second-order valence-electron chi connectivity index (χ2n) is 6.20. The van der Waals surface area contributed by atoms with Crippen molar-refractivity contribution in [1.82, 2.24) is 4.57 Å². The Balaban J connectivity index is 2.55. The molecule has 0 amide bonds. The first-order valence-electron chi connectivity index (χ1n) is 9.24. The molecular weight excluding hydrogens is 326 g/mol. The molecule has 0 radical (unpaired) electrons. The van der Waals surface area contributed by atoms with Gasteiger partial charge in [-0.15, -0.1) is 0 Å². The van der Waals surface area contributed by atoms with Crippen LogP contribution in [0.15, 0.2) is 36.4 Å². The molecule has 4 heteroatoms. The van der Waals surface area contributed by atoms with Crippen molar-refractivity contribution in [1.29, 1.82) is 0 Å². The maximum absolute atomic E-state index is 12.4.